The lowest BCUT2D eigenvalue weighted by molar-refractivity contribution is -0.130. The maximum absolute atomic E-state index is 12.1. The lowest BCUT2D eigenvalue weighted by Gasteiger charge is -2.26. The van der Waals surface area contributed by atoms with E-state index in [0.29, 0.717) is 0 Å². The topological polar surface area (TPSA) is 58.2 Å². The van der Waals surface area contributed by atoms with Crippen molar-refractivity contribution >= 4 is 11.7 Å². The third kappa shape index (κ3) is 5.63. The maximum Gasteiger partial charge on any atom is 0.237 e. The number of hydrogen-bond acceptors (Lipinski definition) is 3. The predicted octanol–water partition coefficient (Wildman–Crippen LogP) is 1.74. The van der Waals surface area contributed by atoms with E-state index in [1.165, 1.54) is 0 Å². The Bertz CT molecular complexity index is 286. The molecule has 0 radical (unpaired) electrons. The summed E-state index contributed by atoms with van der Waals surface area (Å²) in [6.45, 7) is 13.4. The van der Waals surface area contributed by atoms with E-state index >= 15 is 0 Å². The number of carbonyl (C=O) groups excluding carboxylic acids is 2. The van der Waals surface area contributed by atoms with Gasteiger partial charge in [0.2, 0.25) is 5.91 Å². The van der Waals surface area contributed by atoms with Crippen LogP contribution < -0.4 is 10.6 Å². The van der Waals surface area contributed by atoms with Crippen LogP contribution in [0.2, 0.25) is 0 Å². The molecule has 2 N–H and O–H groups in total. The van der Waals surface area contributed by atoms with E-state index < -0.39 is 6.04 Å². The zero-order valence-electron chi connectivity index (χ0n) is 12.7. The van der Waals surface area contributed by atoms with Crippen LogP contribution in [0.4, 0.5) is 0 Å². The van der Waals surface area contributed by atoms with E-state index in [2.05, 4.69) is 10.6 Å². The average Bonchev–Trinajstić information content (AvgIpc) is 2.23. The highest BCUT2D eigenvalue weighted by Gasteiger charge is 2.26. The van der Waals surface area contributed by atoms with Crippen LogP contribution in [0.25, 0.3) is 0 Å². The standard InChI is InChI=1S/C14H28N2O2/c1-8(2)12(15-10(5)6)14(18)16-11(7)13(17)9(3)4/h8-12,15H,1-7H3,(H,16,18). The molecule has 0 heterocycles. The van der Waals surface area contributed by atoms with Gasteiger partial charge in [-0.15, -0.1) is 0 Å². The fraction of sp³-hybridized carbons (Fsp3) is 0.857. The second-order valence-corrected chi connectivity index (χ2v) is 5.83. The summed E-state index contributed by atoms with van der Waals surface area (Å²) in [5, 5.41) is 6.03. The molecule has 0 aromatic heterocycles. The summed E-state index contributed by atoms with van der Waals surface area (Å²) in [6.07, 6.45) is 0. The molecule has 0 saturated carbocycles. The van der Waals surface area contributed by atoms with E-state index in [0.717, 1.165) is 0 Å². The monoisotopic (exact) mass is 256 g/mol. The van der Waals surface area contributed by atoms with Crippen molar-refractivity contribution in [1.29, 1.82) is 0 Å². The number of Topliss-reactive ketones (excluding diaryl/α,β-unsaturated/α-hetero) is 1. The minimum Gasteiger partial charge on any atom is -0.345 e. The van der Waals surface area contributed by atoms with Crippen molar-refractivity contribution in [2.24, 2.45) is 11.8 Å². The van der Waals surface area contributed by atoms with Gasteiger partial charge in [-0.1, -0.05) is 41.5 Å². The number of carbonyl (C=O) groups is 2. The molecule has 0 aliphatic rings. The molecule has 1 amide bonds. The van der Waals surface area contributed by atoms with Gasteiger partial charge >= 0.3 is 0 Å². The first kappa shape index (κ1) is 17.1. The summed E-state index contributed by atoms with van der Waals surface area (Å²) in [5.41, 5.74) is 0. The molecule has 18 heavy (non-hydrogen) atoms. The quantitative estimate of drug-likeness (QED) is 0.729. The summed E-state index contributed by atoms with van der Waals surface area (Å²) >= 11 is 0. The van der Waals surface area contributed by atoms with Gasteiger partial charge in [-0.05, 0) is 12.8 Å². The number of ketones is 1. The molecule has 0 bridgehead atoms. The average molecular weight is 256 g/mol. The Balaban J connectivity index is 4.56. The molecule has 4 nitrogen and oxygen atoms in total. The summed E-state index contributed by atoms with van der Waals surface area (Å²) in [6, 6.07) is -0.445. The second kappa shape index (κ2) is 7.52. The van der Waals surface area contributed by atoms with Gasteiger partial charge in [-0.3, -0.25) is 9.59 Å². The molecule has 0 rings (SSSR count). The van der Waals surface area contributed by atoms with Crippen LogP contribution in [0.3, 0.4) is 0 Å². The van der Waals surface area contributed by atoms with Crippen LogP contribution in [-0.4, -0.2) is 29.8 Å². The summed E-state index contributed by atoms with van der Waals surface area (Å²) in [5.74, 6) is 0.0974. The van der Waals surface area contributed by atoms with Crippen LogP contribution in [0.1, 0.15) is 48.5 Å². The van der Waals surface area contributed by atoms with Crippen LogP contribution >= 0.6 is 0 Å². The molecular weight excluding hydrogens is 228 g/mol. The van der Waals surface area contributed by atoms with E-state index in [-0.39, 0.29) is 35.6 Å². The van der Waals surface area contributed by atoms with Crippen molar-refractivity contribution in [3.8, 4) is 0 Å². The number of rotatable bonds is 7. The molecule has 4 heteroatoms. The Morgan fingerprint density at radius 1 is 0.889 bits per heavy atom. The van der Waals surface area contributed by atoms with Crippen molar-refractivity contribution in [1.82, 2.24) is 10.6 Å². The molecule has 0 saturated heterocycles. The molecule has 0 aromatic carbocycles. The zero-order valence-corrected chi connectivity index (χ0v) is 12.7. The minimum atomic E-state index is -0.423. The zero-order chi connectivity index (χ0) is 14.5. The SMILES string of the molecule is CC(C)NC(C(=O)NC(C)C(=O)C(C)C)C(C)C. The normalized spacial score (nSPS) is 15.0. The van der Waals surface area contributed by atoms with E-state index in [1.807, 2.05) is 41.5 Å². The molecule has 0 aromatic rings. The highest BCUT2D eigenvalue weighted by Crippen LogP contribution is 2.05. The first-order valence-electron chi connectivity index (χ1n) is 6.77. The summed E-state index contributed by atoms with van der Waals surface area (Å²) in [4.78, 5) is 23.9. The van der Waals surface area contributed by atoms with Crippen LogP contribution in [0.15, 0.2) is 0 Å². The lowest BCUT2D eigenvalue weighted by atomic mass is 10.00. The summed E-state index contributed by atoms with van der Waals surface area (Å²) in [7, 11) is 0. The van der Waals surface area contributed by atoms with Crippen molar-refractivity contribution < 1.29 is 9.59 Å². The molecule has 0 aliphatic heterocycles. The van der Waals surface area contributed by atoms with E-state index in [9.17, 15) is 9.59 Å². The minimum absolute atomic E-state index is 0.0594. The largest absolute Gasteiger partial charge is 0.345 e. The third-order valence-electron chi connectivity index (χ3n) is 2.82. The van der Waals surface area contributed by atoms with Gasteiger partial charge in [0, 0.05) is 12.0 Å². The number of amides is 1. The van der Waals surface area contributed by atoms with Crippen molar-refractivity contribution in [3.63, 3.8) is 0 Å². The number of nitrogens with one attached hydrogen (secondary N) is 2. The second-order valence-electron chi connectivity index (χ2n) is 5.83. The lowest BCUT2D eigenvalue weighted by Crippen LogP contribution is -2.53. The van der Waals surface area contributed by atoms with Crippen LogP contribution in [-0.2, 0) is 9.59 Å². The molecular formula is C14H28N2O2. The fourth-order valence-corrected chi connectivity index (χ4v) is 1.80. The van der Waals surface area contributed by atoms with E-state index in [1.54, 1.807) is 6.92 Å². The molecule has 2 atom stereocenters. The Labute approximate surface area is 111 Å². The number of hydrogen-bond donors (Lipinski definition) is 2. The van der Waals surface area contributed by atoms with Gasteiger partial charge in [0.05, 0.1) is 12.1 Å². The molecule has 0 aliphatic carbocycles. The molecule has 2 unspecified atom stereocenters. The Kier molecular flexibility index (Phi) is 7.14. The Morgan fingerprint density at radius 2 is 1.39 bits per heavy atom. The fourth-order valence-electron chi connectivity index (χ4n) is 1.80. The van der Waals surface area contributed by atoms with Gasteiger partial charge in [0.25, 0.3) is 0 Å². The summed E-state index contributed by atoms with van der Waals surface area (Å²) < 4.78 is 0. The third-order valence-corrected chi connectivity index (χ3v) is 2.82. The van der Waals surface area contributed by atoms with Crippen molar-refractivity contribution in [2.45, 2.75) is 66.6 Å². The smallest absolute Gasteiger partial charge is 0.237 e. The van der Waals surface area contributed by atoms with Gasteiger partial charge in [0.15, 0.2) is 5.78 Å². The van der Waals surface area contributed by atoms with Gasteiger partial charge in [0.1, 0.15) is 0 Å². The molecule has 106 valence electrons. The maximum atomic E-state index is 12.1. The van der Waals surface area contributed by atoms with Crippen molar-refractivity contribution in [2.75, 3.05) is 0 Å². The van der Waals surface area contributed by atoms with Crippen LogP contribution in [0.5, 0.6) is 0 Å². The first-order valence-corrected chi connectivity index (χ1v) is 6.77. The van der Waals surface area contributed by atoms with Crippen LogP contribution in [0, 0.1) is 11.8 Å². The molecule has 0 spiro atoms. The van der Waals surface area contributed by atoms with E-state index in [4.69, 9.17) is 0 Å². The van der Waals surface area contributed by atoms with Crippen molar-refractivity contribution in [3.05, 3.63) is 0 Å². The Morgan fingerprint density at radius 3 is 1.72 bits per heavy atom. The Hall–Kier alpha value is -0.900. The highest BCUT2D eigenvalue weighted by molar-refractivity contribution is 5.91. The first-order chi connectivity index (χ1) is 8.16. The highest BCUT2D eigenvalue weighted by atomic mass is 16.2. The molecule has 0 fully saturated rings. The van der Waals surface area contributed by atoms with Gasteiger partial charge < -0.3 is 10.6 Å². The van der Waals surface area contributed by atoms with Gasteiger partial charge in [-0.25, -0.2) is 0 Å². The predicted molar refractivity (Wildman–Crippen MR) is 74.3 cm³/mol. The van der Waals surface area contributed by atoms with Gasteiger partial charge in [-0.2, -0.15) is 0 Å².